The van der Waals surface area contributed by atoms with Crippen LogP contribution in [0.1, 0.15) is 39.5 Å². The van der Waals surface area contributed by atoms with Gasteiger partial charge in [0, 0.05) is 11.4 Å². The first-order valence-corrected chi connectivity index (χ1v) is 7.62. The summed E-state index contributed by atoms with van der Waals surface area (Å²) in [6.45, 7) is 5.89. The molecule has 0 saturated heterocycles. The van der Waals surface area contributed by atoms with Crippen molar-refractivity contribution >= 4 is 15.9 Å². The van der Waals surface area contributed by atoms with Crippen molar-refractivity contribution in [2.45, 2.75) is 45.6 Å². The lowest BCUT2D eigenvalue weighted by atomic mass is 9.88. The Morgan fingerprint density at radius 3 is 2.60 bits per heavy atom. The molecule has 0 radical (unpaired) electrons. The molecule has 0 aromatic heterocycles. The first-order chi connectivity index (χ1) is 7.20. The Balaban J connectivity index is 1.70. The lowest BCUT2D eigenvalue weighted by Crippen LogP contribution is -2.37. The molecule has 1 nitrogen and oxygen atoms in total. The molecule has 2 fully saturated rings. The van der Waals surface area contributed by atoms with Gasteiger partial charge in [0.2, 0.25) is 0 Å². The molecule has 2 rings (SSSR count). The van der Waals surface area contributed by atoms with E-state index in [-0.39, 0.29) is 0 Å². The third-order valence-corrected chi connectivity index (χ3v) is 5.70. The molecule has 2 saturated carbocycles. The predicted molar refractivity (Wildman–Crippen MR) is 69.4 cm³/mol. The average Bonchev–Trinajstić information content (AvgIpc) is 2.86. The quantitative estimate of drug-likeness (QED) is 0.757. The summed E-state index contributed by atoms with van der Waals surface area (Å²) in [4.78, 5) is 0. The van der Waals surface area contributed by atoms with Gasteiger partial charge >= 0.3 is 0 Å². The summed E-state index contributed by atoms with van der Waals surface area (Å²) < 4.78 is 0. The highest BCUT2D eigenvalue weighted by Gasteiger charge is 2.39. The zero-order valence-electron chi connectivity index (χ0n) is 10.0. The molecule has 88 valence electrons. The van der Waals surface area contributed by atoms with Crippen LogP contribution in [0.25, 0.3) is 0 Å². The standard InChI is InChI=1S/C13H24BrN/c1-9(7-14)10(2)15-8-13-6-11-3-4-12(13)5-11/h9-13,15H,3-8H2,1-2H3. The first-order valence-electron chi connectivity index (χ1n) is 6.50. The van der Waals surface area contributed by atoms with E-state index >= 15 is 0 Å². The molecule has 5 unspecified atom stereocenters. The van der Waals surface area contributed by atoms with Crippen LogP contribution in [-0.4, -0.2) is 17.9 Å². The van der Waals surface area contributed by atoms with Crippen molar-refractivity contribution in [1.29, 1.82) is 0 Å². The molecule has 1 N–H and O–H groups in total. The van der Waals surface area contributed by atoms with Crippen LogP contribution in [0.4, 0.5) is 0 Å². The fourth-order valence-corrected chi connectivity index (χ4v) is 3.86. The van der Waals surface area contributed by atoms with E-state index in [9.17, 15) is 0 Å². The van der Waals surface area contributed by atoms with Crippen LogP contribution < -0.4 is 5.32 Å². The molecule has 0 aliphatic heterocycles. The van der Waals surface area contributed by atoms with E-state index in [1.807, 2.05) is 0 Å². The van der Waals surface area contributed by atoms with Crippen molar-refractivity contribution in [2.24, 2.45) is 23.7 Å². The molecule has 0 aromatic carbocycles. The first kappa shape index (κ1) is 11.9. The van der Waals surface area contributed by atoms with E-state index in [1.165, 1.54) is 32.2 Å². The zero-order chi connectivity index (χ0) is 10.8. The number of hydrogen-bond donors (Lipinski definition) is 1. The van der Waals surface area contributed by atoms with Gasteiger partial charge in [0.15, 0.2) is 0 Å². The minimum absolute atomic E-state index is 0.656. The third-order valence-electron chi connectivity index (χ3n) is 4.68. The van der Waals surface area contributed by atoms with Crippen molar-refractivity contribution < 1.29 is 0 Å². The maximum atomic E-state index is 3.73. The highest BCUT2D eigenvalue weighted by atomic mass is 79.9. The summed E-state index contributed by atoms with van der Waals surface area (Å²) in [6.07, 6.45) is 6.08. The summed E-state index contributed by atoms with van der Waals surface area (Å²) in [5.41, 5.74) is 0. The van der Waals surface area contributed by atoms with E-state index in [2.05, 4.69) is 35.1 Å². The number of alkyl halides is 1. The predicted octanol–water partition coefficient (Wildman–Crippen LogP) is 3.43. The molecule has 0 amide bonds. The molecule has 5 atom stereocenters. The molecular formula is C13H24BrN. The molecular weight excluding hydrogens is 250 g/mol. The number of hydrogen-bond acceptors (Lipinski definition) is 1. The van der Waals surface area contributed by atoms with E-state index in [0.29, 0.717) is 6.04 Å². The van der Waals surface area contributed by atoms with Gasteiger partial charge in [-0.05, 0) is 56.4 Å². The Kier molecular flexibility index (Phi) is 4.11. The fraction of sp³-hybridized carbons (Fsp3) is 1.00. The lowest BCUT2D eigenvalue weighted by Gasteiger charge is -2.26. The van der Waals surface area contributed by atoms with Gasteiger partial charge in [-0.1, -0.05) is 29.3 Å². The monoisotopic (exact) mass is 273 g/mol. The number of fused-ring (bicyclic) bond motifs is 2. The summed E-state index contributed by atoms with van der Waals surface area (Å²) in [5, 5.41) is 4.84. The molecule has 0 heterocycles. The van der Waals surface area contributed by atoms with Crippen molar-refractivity contribution in [2.75, 3.05) is 11.9 Å². The minimum Gasteiger partial charge on any atom is -0.314 e. The van der Waals surface area contributed by atoms with Crippen molar-refractivity contribution in [3.05, 3.63) is 0 Å². The SMILES string of the molecule is CC(CBr)C(C)NCC1CC2CCC1C2. The molecule has 0 spiro atoms. The van der Waals surface area contributed by atoms with E-state index < -0.39 is 0 Å². The van der Waals surface area contributed by atoms with Gasteiger partial charge in [0.05, 0.1) is 0 Å². The Morgan fingerprint density at radius 1 is 1.27 bits per heavy atom. The van der Waals surface area contributed by atoms with Crippen LogP contribution in [0.2, 0.25) is 0 Å². The molecule has 0 aromatic rings. The zero-order valence-corrected chi connectivity index (χ0v) is 11.6. The van der Waals surface area contributed by atoms with Gasteiger partial charge in [0.25, 0.3) is 0 Å². The van der Waals surface area contributed by atoms with Crippen molar-refractivity contribution in [3.63, 3.8) is 0 Å². The Morgan fingerprint density at radius 2 is 2.07 bits per heavy atom. The molecule has 15 heavy (non-hydrogen) atoms. The van der Waals surface area contributed by atoms with Crippen molar-refractivity contribution in [1.82, 2.24) is 5.32 Å². The van der Waals surface area contributed by atoms with Crippen molar-refractivity contribution in [3.8, 4) is 0 Å². The Hall–Kier alpha value is 0.440. The second-order valence-electron chi connectivity index (χ2n) is 5.76. The highest BCUT2D eigenvalue weighted by molar-refractivity contribution is 9.09. The van der Waals surface area contributed by atoms with Crippen LogP contribution in [0.15, 0.2) is 0 Å². The largest absolute Gasteiger partial charge is 0.314 e. The molecule has 2 bridgehead atoms. The second-order valence-corrected chi connectivity index (χ2v) is 6.41. The van der Waals surface area contributed by atoms with Crippen LogP contribution in [0, 0.1) is 23.7 Å². The van der Waals surface area contributed by atoms with Crippen LogP contribution in [0.5, 0.6) is 0 Å². The van der Waals surface area contributed by atoms with Crippen LogP contribution in [-0.2, 0) is 0 Å². The van der Waals surface area contributed by atoms with Crippen LogP contribution in [0.3, 0.4) is 0 Å². The number of nitrogens with one attached hydrogen (secondary N) is 1. The lowest BCUT2D eigenvalue weighted by molar-refractivity contribution is 0.295. The molecule has 2 heteroatoms. The van der Waals surface area contributed by atoms with Gasteiger partial charge in [-0.2, -0.15) is 0 Å². The topological polar surface area (TPSA) is 12.0 Å². The normalized spacial score (nSPS) is 38.2. The molecule has 2 aliphatic rings. The minimum atomic E-state index is 0.656. The highest BCUT2D eigenvalue weighted by Crippen LogP contribution is 2.47. The average molecular weight is 274 g/mol. The third kappa shape index (κ3) is 2.76. The number of halogens is 1. The van der Waals surface area contributed by atoms with Gasteiger partial charge < -0.3 is 5.32 Å². The summed E-state index contributed by atoms with van der Waals surface area (Å²) in [5.74, 6) is 3.89. The molecule has 2 aliphatic carbocycles. The summed E-state index contributed by atoms with van der Waals surface area (Å²) in [7, 11) is 0. The maximum Gasteiger partial charge on any atom is 0.00724 e. The van der Waals surface area contributed by atoms with Crippen LogP contribution >= 0.6 is 15.9 Å². The maximum absolute atomic E-state index is 3.73. The second kappa shape index (κ2) is 5.18. The Labute approximate surface area is 103 Å². The van der Waals surface area contributed by atoms with E-state index in [1.54, 1.807) is 0 Å². The van der Waals surface area contributed by atoms with E-state index in [0.717, 1.165) is 29.0 Å². The van der Waals surface area contributed by atoms with Gasteiger partial charge in [-0.25, -0.2) is 0 Å². The van der Waals surface area contributed by atoms with Gasteiger partial charge in [0.1, 0.15) is 0 Å². The van der Waals surface area contributed by atoms with Gasteiger partial charge in [-0.3, -0.25) is 0 Å². The van der Waals surface area contributed by atoms with Gasteiger partial charge in [-0.15, -0.1) is 0 Å². The Bertz CT molecular complexity index is 207. The fourth-order valence-electron chi connectivity index (χ4n) is 3.30. The smallest absolute Gasteiger partial charge is 0.00724 e. The summed E-state index contributed by atoms with van der Waals surface area (Å²) in [6, 6.07) is 0.656. The van der Waals surface area contributed by atoms with E-state index in [4.69, 9.17) is 0 Å². The number of rotatable bonds is 5. The summed E-state index contributed by atoms with van der Waals surface area (Å²) >= 11 is 3.56.